The van der Waals surface area contributed by atoms with Crippen molar-refractivity contribution in [3.63, 3.8) is 0 Å². The summed E-state index contributed by atoms with van der Waals surface area (Å²) in [5.74, 6) is -0.277. The molecule has 1 fully saturated rings. The van der Waals surface area contributed by atoms with E-state index >= 15 is 0 Å². The number of ether oxygens (including phenoxy) is 3. The van der Waals surface area contributed by atoms with Gasteiger partial charge in [0.2, 0.25) is 0 Å². The van der Waals surface area contributed by atoms with Crippen LogP contribution in [0.1, 0.15) is 18.4 Å². The highest BCUT2D eigenvalue weighted by molar-refractivity contribution is 6.01. The molecule has 2 heterocycles. The first-order valence-corrected chi connectivity index (χ1v) is 9.27. The van der Waals surface area contributed by atoms with Crippen LogP contribution in [0.4, 0.5) is 0 Å². The van der Waals surface area contributed by atoms with Crippen LogP contribution in [0.5, 0.6) is 0 Å². The summed E-state index contributed by atoms with van der Waals surface area (Å²) in [6, 6.07) is 14.9. The summed E-state index contributed by atoms with van der Waals surface area (Å²) in [6.07, 6.45) is 1.61. The van der Waals surface area contributed by atoms with E-state index in [9.17, 15) is 4.79 Å². The lowest BCUT2D eigenvalue weighted by atomic mass is 9.87. The third kappa shape index (κ3) is 3.16. The third-order valence-electron chi connectivity index (χ3n) is 5.84. The van der Waals surface area contributed by atoms with Gasteiger partial charge in [0.25, 0.3) is 0 Å². The molecule has 2 aliphatic rings. The maximum absolute atomic E-state index is 12.8. The Kier molecular flexibility index (Phi) is 5.00. The first-order valence-electron chi connectivity index (χ1n) is 9.27. The van der Waals surface area contributed by atoms with Gasteiger partial charge in [0.1, 0.15) is 6.79 Å². The molecular weight excluding hydrogens is 342 g/mol. The molecule has 5 nitrogen and oxygen atoms in total. The van der Waals surface area contributed by atoms with Crippen LogP contribution in [0.3, 0.4) is 0 Å². The van der Waals surface area contributed by atoms with Crippen LogP contribution < -0.4 is 0 Å². The van der Waals surface area contributed by atoms with E-state index in [2.05, 4.69) is 42.3 Å². The number of benzene rings is 2. The second-order valence-corrected chi connectivity index (χ2v) is 7.26. The van der Waals surface area contributed by atoms with E-state index in [4.69, 9.17) is 14.2 Å². The summed E-state index contributed by atoms with van der Waals surface area (Å²) in [5, 5.41) is 2.36. The average Bonchev–Trinajstić information content (AvgIpc) is 2.89. The summed E-state index contributed by atoms with van der Waals surface area (Å²) < 4.78 is 16.2. The Labute approximate surface area is 159 Å². The van der Waals surface area contributed by atoms with Gasteiger partial charge in [-0.2, -0.15) is 0 Å². The Bertz CT molecular complexity index is 891. The van der Waals surface area contributed by atoms with E-state index < -0.39 is 0 Å². The monoisotopic (exact) mass is 367 g/mol. The number of carbonyl (C=O) groups excluding carboxylic acids is 1. The van der Waals surface area contributed by atoms with Crippen LogP contribution in [0, 0.1) is 0 Å². The van der Waals surface area contributed by atoms with E-state index in [1.54, 1.807) is 7.11 Å². The zero-order valence-electron chi connectivity index (χ0n) is 16.0. The van der Waals surface area contributed by atoms with Crippen molar-refractivity contribution in [1.29, 1.82) is 0 Å². The van der Waals surface area contributed by atoms with Crippen LogP contribution in [0.15, 0.2) is 48.0 Å². The number of methoxy groups -OCH3 is 2. The maximum Gasteiger partial charge on any atom is 0.335 e. The van der Waals surface area contributed by atoms with Crippen molar-refractivity contribution < 1.29 is 19.0 Å². The van der Waals surface area contributed by atoms with Crippen molar-refractivity contribution in [3.8, 4) is 0 Å². The lowest BCUT2D eigenvalue weighted by Gasteiger charge is -2.35. The Morgan fingerprint density at radius 1 is 1.15 bits per heavy atom. The number of esters is 1. The fraction of sp³-hybridized carbons (Fsp3) is 0.409. The molecule has 2 aromatic carbocycles. The van der Waals surface area contributed by atoms with E-state index in [0.717, 1.165) is 24.0 Å². The predicted octanol–water partition coefficient (Wildman–Crippen LogP) is 3.23. The molecule has 0 amide bonds. The van der Waals surface area contributed by atoms with E-state index in [1.807, 2.05) is 12.1 Å². The molecular formula is C22H25NO4. The lowest BCUT2D eigenvalue weighted by molar-refractivity contribution is -0.138. The fourth-order valence-electron chi connectivity index (χ4n) is 4.51. The predicted molar refractivity (Wildman–Crippen MR) is 104 cm³/mol. The normalized spacial score (nSPS) is 25.2. The van der Waals surface area contributed by atoms with Crippen molar-refractivity contribution in [2.75, 3.05) is 28.1 Å². The minimum atomic E-state index is -0.277. The first kappa shape index (κ1) is 18.2. The van der Waals surface area contributed by atoms with Gasteiger partial charge in [0.05, 0.1) is 24.8 Å². The van der Waals surface area contributed by atoms with Gasteiger partial charge in [-0.05, 0) is 47.9 Å². The summed E-state index contributed by atoms with van der Waals surface area (Å²) in [5.41, 5.74) is 2.87. The van der Waals surface area contributed by atoms with Crippen LogP contribution in [-0.4, -0.2) is 57.1 Å². The average molecular weight is 367 g/mol. The Balaban J connectivity index is 1.82. The van der Waals surface area contributed by atoms with Gasteiger partial charge in [-0.1, -0.05) is 36.4 Å². The Morgan fingerprint density at radius 3 is 2.67 bits per heavy atom. The summed E-state index contributed by atoms with van der Waals surface area (Å²) in [4.78, 5) is 15.0. The van der Waals surface area contributed by atoms with E-state index in [0.29, 0.717) is 11.6 Å². The molecule has 5 heteroatoms. The van der Waals surface area contributed by atoms with Crippen LogP contribution in [0.25, 0.3) is 16.3 Å². The van der Waals surface area contributed by atoms with Crippen molar-refractivity contribution in [3.05, 3.63) is 53.6 Å². The molecule has 0 aromatic heterocycles. The quantitative estimate of drug-likeness (QED) is 0.600. The van der Waals surface area contributed by atoms with Crippen molar-refractivity contribution >= 4 is 22.3 Å². The summed E-state index contributed by atoms with van der Waals surface area (Å²) in [6.45, 7) is 0.224. The van der Waals surface area contributed by atoms with Gasteiger partial charge >= 0.3 is 5.97 Å². The summed E-state index contributed by atoms with van der Waals surface area (Å²) >= 11 is 0. The SMILES string of the molecule is COCO[C@@H]1CC2CC(c3ccc4ccccc4c3)=C(C(=O)OC)C1N2C. The lowest BCUT2D eigenvalue weighted by Crippen LogP contribution is -2.44. The minimum absolute atomic E-state index is 0.0768. The van der Waals surface area contributed by atoms with Gasteiger partial charge in [-0.15, -0.1) is 0 Å². The second-order valence-electron chi connectivity index (χ2n) is 7.26. The number of fused-ring (bicyclic) bond motifs is 3. The molecule has 3 atom stereocenters. The number of likely N-dealkylation sites (N-methyl/N-ethyl adjacent to an activating group) is 1. The highest BCUT2D eigenvalue weighted by atomic mass is 16.7. The zero-order chi connectivity index (χ0) is 19.0. The number of nitrogens with zero attached hydrogens (tertiary/aromatic N) is 1. The highest BCUT2D eigenvalue weighted by Gasteiger charge is 2.48. The van der Waals surface area contributed by atoms with E-state index in [1.165, 1.54) is 17.9 Å². The topological polar surface area (TPSA) is 48.0 Å². The molecule has 2 unspecified atom stereocenters. The van der Waals surface area contributed by atoms with Gasteiger partial charge in [0, 0.05) is 13.2 Å². The molecule has 0 aliphatic carbocycles. The third-order valence-corrected chi connectivity index (χ3v) is 5.84. The fourth-order valence-corrected chi connectivity index (χ4v) is 4.51. The molecule has 142 valence electrons. The van der Waals surface area contributed by atoms with Gasteiger partial charge in [0.15, 0.2) is 0 Å². The molecule has 27 heavy (non-hydrogen) atoms. The van der Waals surface area contributed by atoms with Crippen molar-refractivity contribution in [1.82, 2.24) is 4.90 Å². The Hall–Kier alpha value is -2.21. The van der Waals surface area contributed by atoms with Crippen molar-refractivity contribution in [2.45, 2.75) is 31.0 Å². The second kappa shape index (κ2) is 7.43. The van der Waals surface area contributed by atoms with Gasteiger partial charge in [-0.3, -0.25) is 4.90 Å². The summed E-state index contributed by atoms with van der Waals surface area (Å²) in [7, 11) is 5.12. The zero-order valence-corrected chi connectivity index (χ0v) is 16.0. The molecule has 1 saturated heterocycles. The van der Waals surface area contributed by atoms with Gasteiger partial charge in [-0.25, -0.2) is 4.79 Å². The van der Waals surface area contributed by atoms with Crippen LogP contribution in [-0.2, 0) is 19.0 Å². The molecule has 0 N–H and O–H groups in total. The molecule has 0 spiro atoms. The number of hydrogen-bond donors (Lipinski definition) is 0. The molecule has 4 rings (SSSR count). The minimum Gasteiger partial charge on any atom is -0.466 e. The molecule has 2 aliphatic heterocycles. The first-order chi connectivity index (χ1) is 13.1. The van der Waals surface area contributed by atoms with Gasteiger partial charge < -0.3 is 14.2 Å². The maximum atomic E-state index is 12.8. The smallest absolute Gasteiger partial charge is 0.335 e. The van der Waals surface area contributed by atoms with E-state index in [-0.39, 0.29) is 24.9 Å². The number of carbonyl (C=O) groups is 1. The van der Waals surface area contributed by atoms with Crippen molar-refractivity contribution in [2.24, 2.45) is 0 Å². The molecule has 2 bridgehead atoms. The number of rotatable bonds is 5. The standard InChI is InChI=1S/C22H25NO4/c1-23-17-11-18(16-9-8-14-6-4-5-7-15(14)10-16)20(22(24)26-3)21(23)19(12-17)27-13-25-2/h4-10,17,19,21H,11-13H2,1-3H3/t17?,19-,21?/m1/s1. The Morgan fingerprint density at radius 2 is 1.93 bits per heavy atom. The molecule has 0 saturated carbocycles. The van der Waals surface area contributed by atoms with Crippen LogP contribution >= 0.6 is 0 Å². The molecule has 2 aromatic rings. The molecule has 0 radical (unpaired) electrons. The van der Waals surface area contributed by atoms with Crippen LogP contribution in [0.2, 0.25) is 0 Å². The highest BCUT2D eigenvalue weighted by Crippen LogP contribution is 2.44. The number of hydrogen-bond acceptors (Lipinski definition) is 5. The largest absolute Gasteiger partial charge is 0.466 e.